The SMILES string of the molecule is O=C(NCCC1CCCC1)c1ccc2[nH]ncc2c1. The van der Waals surface area contributed by atoms with E-state index in [2.05, 4.69) is 15.5 Å². The van der Waals surface area contributed by atoms with Gasteiger partial charge in [0, 0.05) is 17.5 Å². The van der Waals surface area contributed by atoms with Gasteiger partial charge in [-0.1, -0.05) is 25.7 Å². The van der Waals surface area contributed by atoms with Crippen LogP contribution in [0, 0.1) is 5.92 Å². The minimum absolute atomic E-state index is 0.0149. The summed E-state index contributed by atoms with van der Waals surface area (Å²) in [5, 5.41) is 10.8. The van der Waals surface area contributed by atoms with Gasteiger partial charge in [0.25, 0.3) is 5.91 Å². The van der Waals surface area contributed by atoms with E-state index in [0.717, 1.165) is 29.8 Å². The van der Waals surface area contributed by atoms with Crippen LogP contribution in [0.2, 0.25) is 0 Å². The number of fused-ring (bicyclic) bond motifs is 1. The Hall–Kier alpha value is -1.84. The third-order valence-corrected chi connectivity index (χ3v) is 4.02. The van der Waals surface area contributed by atoms with Gasteiger partial charge >= 0.3 is 0 Å². The van der Waals surface area contributed by atoms with Gasteiger partial charge in [-0.15, -0.1) is 0 Å². The Bertz CT molecular complexity index is 570. The number of hydrogen-bond acceptors (Lipinski definition) is 2. The molecule has 1 fully saturated rings. The number of carbonyl (C=O) groups excluding carboxylic acids is 1. The lowest BCUT2D eigenvalue weighted by molar-refractivity contribution is 0.0951. The van der Waals surface area contributed by atoms with E-state index >= 15 is 0 Å². The van der Waals surface area contributed by atoms with Gasteiger partial charge in [0.15, 0.2) is 0 Å². The first-order chi connectivity index (χ1) is 9.33. The fourth-order valence-electron chi connectivity index (χ4n) is 2.87. The maximum absolute atomic E-state index is 12.0. The molecule has 1 aromatic heterocycles. The molecule has 1 aromatic carbocycles. The molecule has 0 saturated heterocycles. The van der Waals surface area contributed by atoms with Crippen LogP contribution in [0.1, 0.15) is 42.5 Å². The minimum atomic E-state index is 0.0149. The molecule has 0 aliphatic heterocycles. The van der Waals surface area contributed by atoms with Crippen molar-refractivity contribution in [3.05, 3.63) is 30.0 Å². The fraction of sp³-hybridized carbons (Fsp3) is 0.467. The second-order valence-electron chi connectivity index (χ2n) is 5.37. The lowest BCUT2D eigenvalue weighted by Crippen LogP contribution is -2.25. The highest BCUT2D eigenvalue weighted by atomic mass is 16.1. The lowest BCUT2D eigenvalue weighted by atomic mass is 10.0. The van der Waals surface area contributed by atoms with Gasteiger partial charge in [-0.3, -0.25) is 9.89 Å². The molecule has 1 aliphatic carbocycles. The van der Waals surface area contributed by atoms with E-state index in [1.165, 1.54) is 25.7 Å². The van der Waals surface area contributed by atoms with Crippen molar-refractivity contribution in [2.75, 3.05) is 6.54 Å². The van der Waals surface area contributed by atoms with Crippen molar-refractivity contribution in [2.24, 2.45) is 5.92 Å². The summed E-state index contributed by atoms with van der Waals surface area (Å²) in [5.41, 5.74) is 1.67. The van der Waals surface area contributed by atoms with E-state index in [0.29, 0.717) is 5.56 Å². The zero-order valence-electron chi connectivity index (χ0n) is 11.0. The molecule has 1 aliphatic rings. The number of benzene rings is 1. The van der Waals surface area contributed by atoms with Crippen LogP contribution in [-0.2, 0) is 0 Å². The number of aromatic amines is 1. The molecule has 100 valence electrons. The van der Waals surface area contributed by atoms with Crippen molar-refractivity contribution in [2.45, 2.75) is 32.1 Å². The summed E-state index contributed by atoms with van der Waals surface area (Å²) in [6.07, 6.45) is 8.23. The Morgan fingerprint density at radius 3 is 3.05 bits per heavy atom. The molecule has 2 N–H and O–H groups in total. The van der Waals surface area contributed by atoms with Crippen molar-refractivity contribution in [3.63, 3.8) is 0 Å². The van der Waals surface area contributed by atoms with Gasteiger partial charge in [-0.25, -0.2) is 0 Å². The van der Waals surface area contributed by atoms with Crippen LogP contribution in [0.5, 0.6) is 0 Å². The van der Waals surface area contributed by atoms with E-state index < -0.39 is 0 Å². The Labute approximate surface area is 112 Å². The van der Waals surface area contributed by atoms with Gasteiger partial charge in [-0.05, 0) is 30.5 Å². The Morgan fingerprint density at radius 1 is 1.37 bits per heavy atom. The monoisotopic (exact) mass is 257 g/mol. The minimum Gasteiger partial charge on any atom is -0.352 e. The molecule has 0 bridgehead atoms. The highest BCUT2D eigenvalue weighted by Gasteiger charge is 2.15. The summed E-state index contributed by atoms with van der Waals surface area (Å²) in [4.78, 5) is 12.0. The molecule has 3 rings (SSSR count). The van der Waals surface area contributed by atoms with Crippen LogP contribution in [0.4, 0.5) is 0 Å². The summed E-state index contributed by atoms with van der Waals surface area (Å²) >= 11 is 0. The highest BCUT2D eigenvalue weighted by Crippen LogP contribution is 2.26. The van der Waals surface area contributed by atoms with E-state index in [9.17, 15) is 4.79 Å². The smallest absolute Gasteiger partial charge is 0.251 e. The number of nitrogens with one attached hydrogen (secondary N) is 2. The summed E-state index contributed by atoms with van der Waals surface area (Å²) < 4.78 is 0. The van der Waals surface area contributed by atoms with Crippen molar-refractivity contribution >= 4 is 16.8 Å². The first-order valence-electron chi connectivity index (χ1n) is 7.04. The van der Waals surface area contributed by atoms with E-state index in [1.807, 2.05) is 18.2 Å². The van der Waals surface area contributed by atoms with Crippen LogP contribution in [0.25, 0.3) is 10.9 Å². The Balaban J connectivity index is 1.56. The molecule has 0 atom stereocenters. The normalized spacial score (nSPS) is 16.0. The number of hydrogen-bond donors (Lipinski definition) is 2. The third kappa shape index (κ3) is 2.78. The number of amides is 1. The lowest BCUT2D eigenvalue weighted by Gasteiger charge is -2.09. The second-order valence-corrected chi connectivity index (χ2v) is 5.37. The first-order valence-corrected chi connectivity index (χ1v) is 7.04. The van der Waals surface area contributed by atoms with Crippen molar-refractivity contribution in [3.8, 4) is 0 Å². The number of aromatic nitrogens is 2. The molecule has 2 aromatic rings. The van der Waals surface area contributed by atoms with Crippen molar-refractivity contribution in [1.82, 2.24) is 15.5 Å². The van der Waals surface area contributed by atoms with Crippen LogP contribution < -0.4 is 5.32 Å². The molecular formula is C15H19N3O. The largest absolute Gasteiger partial charge is 0.352 e. The summed E-state index contributed by atoms with van der Waals surface area (Å²) in [6.45, 7) is 0.785. The molecule has 4 nitrogen and oxygen atoms in total. The molecule has 1 heterocycles. The second kappa shape index (κ2) is 5.43. The topological polar surface area (TPSA) is 57.8 Å². The Kier molecular flexibility index (Phi) is 3.49. The molecule has 0 spiro atoms. The van der Waals surface area contributed by atoms with Gasteiger partial charge in [0.2, 0.25) is 0 Å². The van der Waals surface area contributed by atoms with Crippen LogP contribution in [0.3, 0.4) is 0 Å². The highest BCUT2D eigenvalue weighted by molar-refractivity contribution is 5.97. The average Bonchev–Trinajstić information content (AvgIpc) is 3.08. The van der Waals surface area contributed by atoms with Gasteiger partial charge in [0.05, 0.1) is 11.7 Å². The maximum atomic E-state index is 12.0. The first kappa shape index (κ1) is 12.2. The predicted molar refractivity (Wildman–Crippen MR) is 75.0 cm³/mol. The van der Waals surface area contributed by atoms with Gasteiger partial charge in [0.1, 0.15) is 0 Å². The molecular weight excluding hydrogens is 238 g/mol. The quantitative estimate of drug-likeness (QED) is 0.884. The zero-order valence-corrected chi connectivity index (χ0v) is 11.0. The van der Waals surface area contributed by atoms with Crippen molar-refractivity contribution < 1.29 is 4.79 Å². The zero-order chi connectivity index (χ0) is 13.1. The summed E-state index contributed by atoms with van der Waals surface area (Å²) in [5.74, 6) is 0.831. The molecule has 4 heteroatoms. The average molecular weight is 257 g/mol. The molecule has 1 saturated carbocycles. The van der Waals surface area contributed by atoms with Crippen LogP contribution >= 0.6 is 0 Å². The van der Waals surface area contributed by atoms with Crippen LogP contribution in [-0.4, -0.2) is 22.6 Å². The summed E-state index contributed by atoms with van der Waals surface area (Å²) in [7, 11) is 0. The fourth-order valence-corrected chi connectivity index (χ4v) is 2.87. The third-order valence-electron chi connectivity index (χ3n) is 4.02. The van der Waals surface area contributed by atoms with Crippen molar-refractivity contribution in [1.29, 1.82) is 0 Å². The predicted octanol–water partition coefficient (Wildman–Crippen LogP) is 2.87. The standard InChI is InChI=1S/C15H19N3O/c19-15(16-8-7-11-3-1-2-4-11)12-5-6-14-13(9-12)10-17-18-14/h5-6,9-11H,1-4,7-8H2,(H,16,19)(H,17,18). The maximum Gasteiger partial charge on any atom is 0.251 e. The number of rotatable bonds is 4. The molecule has 0 unspecified atom stereocenters. The number of nitrogens with zero attached hydrogens (tertiary/aromatic N) is 1. The molecule has 0 radical (unpaired) electrons. The number of carbonyl (C=O) groups is 1. The van der Waals surface area contributed by atoms with E-state index in [-0.39, 0.29) is 5.91 Å². The molecule has 1 amide bonds. The van der Waals surface area contributed by atoms with Crippen LogP contribution in [0.15, 0.2) is 24.4 Å². The summed E-state index contributed by atoms with van der Waals surface area (Å²) in [6, 6.07) is 5.61. The Morgan fingerprint density at radius 2 is 2.21 bits per heavy atom. The number of H-pyrrole nitrogens is 1. The van der Waals surface area contributed by atoms with E-state index in [1.54, 1.807) is 6.20 Å². The van der Waals surface area contributed by atoms with Gasteiger partial charge < -0.3 is 5.32 Å². The molecule has 19 heavy (non-hydrogen) atoms. The van der Waals surface area contributed by atoms with E-state index in [4.69, 9.17) is 0 Å². The van der Waals surface area contributed by atoms with Gasteiger partial charge in [-0.2, -0.15) is 5.10 Å².